The van der Waals surface area contributed by atoms with Crippen molar-refractivity contribution in [2.45, 2.75) is 52.2 Å². The molecule has 114 valence electrons. The van der Waals surface area contributed by atoms with Crippen LogP contribution in [0.2, 0.25) is 0 Å². The second-order valence-corrected chi connectivity index (χ2v) is 5.69. The van der Waals surface area contributed by atoms with E-state index in [1.807, 2.05) is 31.2 Å². The van der Waals surface area contributed by atoms with Crippen molar-refractivity contribution in [2.24, 2.45) is 0 Å². The smallest absolute Gasteiger partial charge is 0.350 e. The molecule has 0 saturated heterocycles. The van der Waals surface area contributed by atoms with Crippen LogP contribution in [0, 0.1) is 0 Å². The third kappa shape index (κ3) is 3.08. The molecule has 0 unspecified atom stereocenters. The van der Waals surface area contributed by atoms with Crippen LogP contribution in [0.4, 0.5) is 0 Å². The number of aliphatic hydroxyl groups excluding tert-OH is 1. The summed E-state index contributed by atoms with van der Waals surface area (Å²) in [4.78, 5) is 12.4. The third-order valence-electron chi connectivity index (χ3n) is 3.82. The number of rotatable bonds is 5. The second kappa shape index (κ2) is 6.26. The van der Waals surface area contributed by atoms with Gasteiger partial charge in [-0.25, -0.2) is 14.0 Å². The summed E-state index contributed by atoms with van der Waals surface area (Å²) in [5.74, 6) is 0.457. The first-order valence-electron chi connectivity index (χ1n) is 7.40. The Morgan fingerprint density at radius 2 is 1.81 bits per heavy atom. The average molecular weight is 289 g/mol. The molecule has 1 heterocycles. The molecule has 0 saturated carbocycles. The van der Waals surface area contributed by atoms with Gasteiger partial charge in [0.25, 0.3) is 0 Å². The first kappa shape index (κ1) is 15.5. The lowest BCUT2D eigenvalue weighted by Gasteiger charge is -2.16. The molecule has 2 atom stereocenters. The van der Waals surface area contributed by atoms with E-state index in [1.165, 1.54) is 21.1 Å². The van der Waals surface area contributed by atoms with E-state index in [4.69, 9.17) is 0 Å². The minimum atomic E-state index is -0.612. The predicted octanol–water partition coefficient (Wildman–Crippen LogP) is 2.49. The van der Waals surface area contributed by atoms with Crippen LogP contribution < -0.4 is 5.69 Å². The Morgan fingerprint density at radius 3 is 2.29 bits per heavy atom. The number of aliphatic hydroxyl groups is 1. The summed E-state index contributed by atoms with van der Waals surface area (Å²) in [5.41, 5.74) is 1.80. The Morgan fingerprint density at radius 1 is 1.19 bits per heavy atom. The molecule has 0 radical (unpaired) electrons. The highest BCUT2D eigenvalue weighted by Crippen LogP contribution is 2.17. The van der Waals surface area contributed by atoms with Crippen molar-refractivity contribution < 1.29 is 5.11 Å². The topological polar surface area (TPSA) is 60.0 Å². The first-order chi connectivity index (χ1) is 9.95. The van der Waals surface area contributed by atoms with Gasteiger partial charge in [-0.1, -0.05) is 32.9 Å². The van der Waals surface area contributed by atoms with E-state index in [9.17, 15) is 9.90 Å². The van der Waals surface area contributed by atoms with Crippen molar-refractivity contribution >= 4 is 0 Å². The Bertz CT molecular complexity index is 638. The summed E-state index contributed by atoms with van der Waals surface area (Å²) in [6.45, 7) is 7.87. The fourth-order valence-electron chi connectivity index (χ4n) is 2.46. The molecule has 1 aromatic heterocycles. The maximum atomic E-state index is 12.4. The van der Waals surface area contributed by atoms with Gasteiger partial charge in [0.05, 0.1) is 17.8 Å². The van der Waals surface area contributed by atoms with E-state index in [0.29, 0.717) is 12.3 Å². The molecular formula is C16H23N3O2. The molecule has 1 aromatic carbocycles. The highest BCUT2D eigenvalue weighted by molar-refractivity contribution is 5.35. The van der Waals surface area contributed by atoms with Gasteiger partial charge in [0.1, 0.15) is 6.33 Å². The maximum Gasteiger partial charge on any atom is 0.350 e. The van der Waals surface area contributed by atoms with Crippen molar-refractivity contribution in [3.05, 3.63) is 46.6 Å². The number of aromatic nitrogens is 3. The largest absolute Gasteiger partial charge is 0.391 e. The van der Waals surface area contributed by atoms with Gasteiger partial charge < -0.3 is 5.11 Å². The van der Waals surface area contributed by atoms with Gasteiger partial charge in [0.15, 0.2) is 0 Å². The zero-order valence-corrected chi connectivity index (χ0v) is 13.0. The quantitative estimate of drug-likeness (QED) is 0.920. The normalized spacial score (nSPS) is 14.4. The highest BCUT2D eigenvalue weighted by atomic mass is 16.3. The molecule has 0 aliphatic rings. The van der Waals surface area contributed by atoms with Crippen molar-refractivity contribution in [3.63, 3.8) is 0 Å². The summed E-state index contributed by atoms with van der Waals surface area (Å²) < 4.78 is 2.87. The molecule has 2 rings (SSSR count). The van der Waals surface area contributed by atoms with Gasteiger partial charge in [-0.3, -0.25) is 0 Å². The lowest BCUT2D eigenvalue weighted by Crippen LogP contribution is -2.32. The lowest BCUT2D eigenvalue weighted by molar-refractivity contribution is 0.118. The van der Waals surface area contributed by atoms with Crippen LogP contribution in [0.25, 0.3) is 5.69 Å². The van der Waals surface area contributed by atoms with E-state index in [1.54, 1.807) is 6.92 Å². The van der Waals surface area contributed by atoms with Gasteiger partial charge in [-0.05, 0) is 37.0 Å². The van der Waals surface area contributed by atoms with Crippen LogP contribution in [0.15, 0.2) is 35.4 Å². The van der Waals surface area contributed by atoms with Gasteiger partial charge in [-0.15, -0.1) is 0 Å². The third-order valence-corrected chi connectivity index (χ3v) is 3.82. The fraction of sp³-hybridized carbons (Fsp3) is 0.500. The van der Waals surface area contributed by atoms with Crippen LogP contribution in [0.5, 0.6) is 0 Å². The minimum Gasteiger partial charge on any atom is -0.391 e. The lowest BCUT2D eigenvalue weighted by atomic mass is 10.0. The van der Waals surface area contributed by atoms with E-state index in [-0.39, 0.29) is 11.7 Å². The fourth-order valence-corrected chi connectivity index (χ4v) is 2.46. The SMILES string of the molecule is CC[C@@H]([C@H](C)O)n1ncn(-c2ccc(C(C)C)cc2)c1=O. The number of hydrogen-bond acceptors (Lipinski definition) is 3. The monoisotopic (exact) mass is 289 g/mol. The zero-order chi connectivity index (χ0) is 15.6. The molecule has 1 N–H and O–H groups in total. The van der Waals surface area contributed by atoms with Gasteiger partial charge >= 0.3 is 5.69 Å². The molecule has 0 aliphatic carbocycles. The average Bonchev–Trinajstić information content (AvgIpc) is 2.81. The summed E-state index contributed by atoms with van der Waals surface area (Å²) in [6.07, 6.45) is 1.55. The Hall–Kier alpha value is -1.88. The number of benzene rings is 1. The Kier molecular flexibility index (Phi) is 4.63. The molecule has 0 fully saturated rings. The van der Waals surface area contributed by atoms with Crippen molar-refractivity contribution in [1.82, 2.24) is 14.3 Å². The van der Waals surface area contributed by atoms with Crippen molar-refractivity contribution in [3.8, 4) is 5.69 Å². The van der Waals surface area contributed by atoms with Crippen LogP contribution in [0.3, 0.4) is 0 Å². The van der Waals surface area contributed by atoms with Gasteiger partial charge in [-0.2, -0.15) is 5.10 Å². The molecule has 5 nitrogen and oxygen atoms in total. The van der Waals surface area contributed by atoms with E-state index < -0.39 is 6.10 Å². The maximum absolute atomic E-state index is 12.4. The summed E-state index contributed by atoms with van der Waals surface area (Å²) in [5, 5.41) is 13.9. The predicted molar refractivity (Wildman–Crippen MR) is 82.9 cm³/mol. The van der Waals surface area contributed by atoms with E-state index in [0.717, 1.165) is 5.69 Å². The minimum absolute atomic E-state index is 0.222. The Labute approximate surface area is 124 Å². The summed E-state index contributed by atoms with van der Waals surface area (Å²) in [6, 6.07) is 7.60. The van der Waals surface area contributed by atoms with Gasteiger partial charge in [0.2, 0.25) is 0 Å². The van der Waals surface area contributed by atoms with Crippen molar-refractivity contribution in [2.75, 3.05) is 0 Å². The second-order valence-electron chi connectivity index (χ2n) is 5.69. The van der Waals surface area contributed by atoms with E-state index >= 15 is 0 Å². The van der Waals surface area contributed by atoms with Gasteiger partial charge in [0, 0.05) is 0 Å². The summed E-state index contributed by atoms with van der Waals surface area (Å²) in [7, 11) is 0. The van der Waals surface area contributed by atoms with Crippen LogP contribution in [0.1, 0.15) is 51.6 Å². The molecular weight excluding hydrogens is 266 g/mol. The van der Waals surface area contributed by atoms with Crippen molar-refractivity contribution in [1.29, 1.82) is 0 Å². The molecule has 0 amide bonds. The molecule has 21 heavy (non-hydrogen) atoms. The zero-order valence-electron chi connectivity index (χ0n) is 13.0. The Balaban J connectivity index is 2.38. The number of nitrogens with zero attached hydrogens (tertiary/aromatic N) is 3. The van der Waals surface area contributed by atoms with Crippen LogP contribution >= 0.6 is 0 Å². The molecule has 5 heteroatoms. The number of hydrogen-bond donors (Lipinski definition) is 1. The standard InChI is InChI=1S/C16H23N3O2/c1-5-15(12(4)20)19-16(21)18(10-17-19)14-8-6-13(7-9-14)11(2)3/h6-12,15,20H,5H2,1-4H3/t12-,15-/m0/s1. The molecule has 2 aromatic rings. The van der Waals surface area contributed by atoms with Crippen LogP contribution in [-0.2, 0) is 0 Å². The molecule has 0 spiro atoms. The molecule has 0 aliphatic heterocycles. The molecule has 0 bridgehead atoms. The first-order valence-corrected chi connectivity index (χ1v) is 7.40. The highest BCUT2D eigenvalue weighted by Gasteiger charge is 2.19. The van der Waals surface area contributed by atoms with Crippen LogP contribution in [-0.4, -0.2) is 25.6 Å². The summed E-state index contributed by atoms with van der Waals surface area (Å²) >= 11 is 0. The van der Waals surface area contributed by atoms with E-state index in [2.05, 4.69) is 18.9 Å².